The van der Waals surface area contributed by atoms with Crippen LogP contribution in [0.15, 0.2) is 48.5 Å². The number of morpholine rings is 2. The van der Waals surface area contributed by atoms with E-state index in [0.717, 1.165) is 32.1 Å². The summed E-state index contributed by atoms with van der Waals surface area (Å²) < 4.78 is 10.6. The molecule has 41 heavy (non-hydrogen) atoms. The van der Waals surface area contributed by atoms with Crippen LogP contribution in [-0.2, 0) is 19.1 Å². The Morgan fingerprint density at radius 2 is 0.976 bits per heavy atom. The Kier molecular flexibility index (Phi) is 11.7. The lowest BCUT2D eigenvalue weighted by Gasteiger charge is -2.27. The molecule has 0 aliphatic carbocycles. The maximum atomic E-state index is 12.7. The summed E-state index contributed by atoms with van der Waals surface area (Å²) in [7, 11) is 0. The first-order chi connectivity index (χ1) is 20.0. The Bertz CT molecular complexity index is 1100. The molecule has 2 saturated heterocycles. The molecule has 220 valence electrons. The lowest BCUT2D eigenvalue weighted by Crippen LogP contribution is -2.40. The molecule has 2 N–H and O–H groups in total. The predicted octanol–water partition coefficient (Wildman–Crippen LogP) is 3.94. The summed E-state index contributed by atoms with van der Waals surface area (Å²) in [6, 6.07) is 14.1. The minimum Gasteiger partial charge on any atom is -0.378 e. The molecule has 4 rings (SSSR count). The Labute approximate surface area is 241 Å². The van der Waals surface area contributed by atoms with E-state index in [-0.39, 0.29) is 23.6 Å². The quantitative estimate of drug-likeness (QED) is 0.377. The van der Waals surface area contributed by atoms with Crippen LogP contribution in [0.3, 0.4) is 0 Å². The number of rotatable bonds is 12. The Morgan fingerprint density at radius 3 is 1.39 bits per heavy atom. The third-order valence-electron chi connectivity index (χ3n) is 7.19. The van der Waals surface area contributed by atoms with E-state index in [0.29, 0.717) is 87.9 Å². The highest BCUT2D eigenvalue weighted by Gasteiger charge is 2.20. The first kappa shape index (κ1) is 30.2. The molecular weight excluding hydrogens is 524 g/mol. The van der Waals surface area contributed by atoms with Crippen LogP contribution in [-0.4, -0.2) is 86.0 Å². The summed E-state index contributed by atoms with van der Waals surface area (Å²) in [6.45, 7) is 4.48. The van der Waals surface area contributed by atoms with Crippen molar-refractivity contribution in [3.05, 3.63) is 59.7 Å². The van der Waals surface area contributed by atoms with Gasteiger partial charge in [0.2, 0.25) is 11.8 Å². The average Bonchev–Trinajstić information content (AvgIpc) is 3.01. The maximum Gasteiger partial charge on any atom is 0.254 e. The summed E-state index contributed by atoms with van der Waals surface area (Å²) in [6.07, 6.45) is 5.06. The molecule has 10 nitrogen and oxygen atoms in total. The number of hydrogen-bond acceptors (Lipinski definition) is 6. The van der Waals surface area contributed by atoms with E-state index in [4.69, 9.17) is 9.47 Å². The number of hydrogen-bond donors (Lipinski definition) is 2. The number of anilines is 2. The van der Waals surface area contributed by atoms with E-state index in [1.807, 2.05) is 0 Å². The third kappa shape index (κ3) is 9.68. The molecule has 10 heteroatoms. The highest BCUT2D eigenvalue weighted by Crippen LogP contribution is 2.17. The summed E-state index contributed by atoms with van der Waals surface area (Å²) >= 11 is 0. The van der Waals surface area contributed by atoms with Crippen molar-refractivity contribution < 1.29 is 28.7 Å². The largest absolute Gasteiger partial charge is 0.378 e. The van der Waals surface area contributed by atoms with Gasteiger partial charge in [-0.3, -0.25) is 19.2 Å². The van der Waals surface area contributed by atoms with Gasteiger partial charge in [0.15, 0.2) is 0 Å². The van der Waals surface area contributed by atoms with Gasteiger partial charge in [0.1, 0.15) is 0 Å². The zero-order chi connectivity index (χ0) is 28.9. The number of ether oxygens (including phenoxy) is 2. The van der Waals surface area contributed by atoms with Gasteiger partial charge in [-0.15, -0.1) is 0 Å². The van der Waals surface area contributed by atoms with E-state index in [9.17, 15) is 19.2 Å². The molecule has 2 aliphatic rings. The second-order valence-corrected chi connectivity index (χ2v) is 10.3. The Morgan fingerprint density at radius 1 is 0.585 bits per heavy atom. The number of amides is 4. The van der Waals surface area contributed by atoms with Gasteiger partial charge >= 0.3 is 0 Å². The predicted molar refractivity (Wildman–Crippen MR) is 156 cm³/mol. The molecule has 0 unspecified atom stereocenters. The molecule has 2 aromatic carbocycles. The fourth-order valence-electron chi connectivity index (χ4n) is 4.91. The van der Waals surface area contributed by atoms with Crippen molar-refractivity contribution in [1.82, 2.24) is 9.80 Å². The topological polar surface area (TPSA) is 117 Å². The van der Waals surface area contributed by atoms with E-state index < -0.39 is 0 Å². The number of nitrogens with one attached hydrogen (secondary N) is 2. The fourth-order valence-corrected chi connectivity index (χ4v) is 4.91. The second-order valence-electron chi connectivity index (χ2n) is 10.3. The van der Waals surface area contributed by atoms with Gasteiger partial charge in [0, 0.05) is 61.5 Å². The minimum absolute atomic E-state index is 0.0505. The van der Waals surface area contributed by atoms with Crippen LogP contribution in [0.4, 0.5) is 11.4 Å². The van der Waals surface area contributed by atoms with Crippen LogP contribution in [0.1, 0.15) is 65.7 Å². The number of benzene rings is 2. The smallest absolute Gasteiger partial charge is 0.254 e. The van der Waals surface area contributed by atoms with Crippen molar-refractivity contribution in [2.45, 2.75) is 44.9 Å². The monoisotopic (exact) mass is 564 g/mol. The fraction of sp³-hybridized carbons (Fsp3) is 0.484. The summed E-state index contributed by atoms with van der Waals surface area (Å²) in [4.78, 5) is 53.7. The van der Waals surface area contributed by atoms with Gasteiger partial charge in [-0.2, -0.15) is 0 Å². The lowest BCUT2D eigenvalue weighted by atomic mass is 10.1. The highest BCUT2D eigenvalue weighted by molar-refractivity contribution is 5.98. The van der Waals surface area contributed by atoms with E-state index in [1.54, 1.807) is 58.3 Å². The first-order valence-electron chi connectivity index (χ1n) is 14.5. The Balaban J connectivity index is 1.08. The van der Waals surface area contributed by atoms with Crippen LogP contribution >= 0.6 is 0 Å². The standard InChI is InChI=1S/C31H40N4O6/c36-28(32-26-10-6-8-24(22-26)30(38)34-14-18-40-19-15-34)12-4-2-1-3-5-13-29(37)33-27-11-7-9-25(23-27)31(39)35-16-20-41-21-17-35/h6-11,22-23H,1-5,12-21H2,(H,32,36)(H,33,37). The molecule has 0 aromatic heterocycles. The van der Waals surface area contributed by atoms with Crippen LogP contribution in [0, 0.1) is 0 Å². The summed E-state index contributed by atoms with van der Waals surface area (Å²) in [5, 5.41) is 5.79. The third-order valence-corrected chi connectivity index (χ3v) is 7.19. The molecule has 2 aliphatic heterocycles. The zero-order valence-corrected chi connectivity index (χ0v) is 23.6. The van der Waals surface area contributed by atoms with Gasteiger partial charge in [0.05, 0.1) is 26.4 Å². The molecule has 0 radical (unpaired) electrons. The van der Waals surface area contributed by atoms with Crippen molar-refractivity contribution in [3.63, 3.8) is 0 Å². The molecule has 0 atom stereocenters. The first-order valence-corrected chi connectivity index (χ1v) is 14.5. The van der Waals surface area contributed by atoms with E-state index >= 15 is 0 Å². The summed E-state index contributed by atoms with van der Waals surface area (Å²) in [5.74, 6) is -0.250. The number of unbranched alkanes of at least 4 members (excludes halogenated alkanes) is 4. The van der Waals surface area contributed by atoms with Crippen LogP contribution in [0.2, 0.25) is 0 Å². The average molecular weight is 565 g/mol. The number of carbonyl (C=O) groups is 4. The highest BCUT2D eigenvalue weighted by atomic mass is 16.5. The lowest BCUT2D eigenvalue weighted by molar-refractivity contribution is -0.117. The van der Waals surface area contributed by atoms with Gasteiger partial charge in [0.25, 0.3) is 11.8 Å². The van der Waals surface area contributed by atoms with E-state index in [1.165, 1.54) is 0 Å². The minimum atomic E-state index is -0.0744. The zero-order valence-electron chi connectivity index (χ0n) is 23.6. The van der Waals surface area contributed by atoms with Crippen molar-refractivity contribution in [1.29, 1.82) is 0 Å². The van der Waals surface area contributed by atoms with Crippen LogP contribution < -0.4 is 10.6 Å². The normalized spacial score (nSPS) is 15.3. The summed E-state index contributed by atoms with van der Waals surface area (Å²) in [5.41, 5.74) is 2.36. The van der Waals surface area contributed by atoms with Crippen LogP contribution in [0.5, 0.6) is 0 Å². The maximum absolute atomic E-state index is 12.7. The molecule has 0 spiro atoms. The second kappa shape index (κ2) is 15.9. The molecule has 0 bridgehead atoms. The molecule has 2 aromatic rings. The van der Waals surface area contributed by atoms with E-state index in [2.05, 4.69) is 10.6 Å². The van der Waals surface area contributed by atoms with Crippen molar-refractivity contribution in [2.75, 3.05) is 63.2 Å². The van der Waals surface area contributed by atoms with Crippen molar-refractivity contribution in [2.24, 2.45) is 0 Å². The molecule has 0 saturated carbocycles. The number of nitrogens with zero attached hydrogens (tertiary/aromatic N) is 2. The Hall–Kier alpha value is -3.76. The van der Waals surface area contributed by atoms with Crippen molar-refractivity contribution in [3.8, 4) is 0 Å². The molecular formula is C31H40N4O6. The molecule has 4 amide bonds. The molecule has 2 heterocycles. The van der Waals surface area contributed by atoms with Gasteiger partial charge in [-0.05, 0) is 49.2 Å². The van der Waals surface area contributed by atoms with Gasteiger partial charge < -0.3 is 29.9 Å². The van der Waals surface area contributed by atoms with Gasteiger partial charge in [-0.1, -0.05) is 31.4 Å². The SMILES string of the molecule is O=C(CCCCCCCC(=O)Nc1cccc(C(=O)N2CCOCC2)c1)Nc1cccc(C(=O)N2CCOCC2)c1. The molecule has 2 fully saturated rings. The van der Waals surface area contributed by atoms with Crippen molar-refractivity contribution >= 4 is 35.0 Å². The van der Waals surface area contributed by atoms with Gasteiger partial charge in [-0.25, -0.2) is 0 Å². The van der Waals surface area contributed by atoms with Crippen LogP contribution in [0.25, 0.3) is 0 Å². The number of carbonyl (C=O) groups excluding carboxylic acids is 4.